The number of rotatable bonds is 7. The van der Waals surface area contributed by atoms with Crippen molar-refractivity contribution in [2.24, 2.45) is 0 Å². The molecule has 0 aromatic heterocycles. The highest BCUT2D eigenvalue weighted by Crippen LogP contribution is 2.29. The molecule has 34 heavy (non-hydrogen) atoms. The van der Waals surface area contributed by atoms with Crippen molar-refractivity contribution in [1.82, 2.24) is 9.21 Å². The molecule has 1 aliphatic rings. The van der Waals surface area contributed by atoms with Gasteiger partial charge in [-0.05, 0) is 30.2 Å². The quantitative estimate of drug-likeness (QED) is 0.484. The minimum atomic E-state index is -3.73. The van der Waals surface area contributed by atoms with Gasteiger partial charge in [-0.25, -0.2) is 8.42 Å². The van der Waals surface area contributed by atoms with Crippen LogP contribution in [0.15, 0.2) is 89.8 Å². The molecule has 1 fully saturated rings. The molecule has 0 aliphatic carbocycles. The van der Waals surface area contributed by atoms with Gasteiger partial charge in [-0.3, -0.25) is 9.59 Å². The molecule has 0 saturated carbocycles. The summed E-state index contributed by atoms with van der Waals surface area (Å²) in [5.41, 5.74) is 2.52. The first kappa shape index (κ1) is 23.9. The van der Waals surface area contributed by atoms with E-state index in [2.05, 4.69) is 0 Å². The summed E-state index contributed by atoms with van der Waals surface area (Å²) in [5.74, 6) is -0.238. The van der Waals surface area contributed by atoms with Gasteiger partial charge in [0.05, 0.1) is 4.90 Å². The maximum atomic E-state index is 13.2. The molecule has 1 amide bonds. The zero-order valence-corrected chi connectivity index (χ0v) is 19.9. The Morgan fingerprint density at radius 1 is 0.794 bits per heavy atom. The molecule has 0 radical (unpaired) electrons. The fourth-order valence-electron chi connectivity index (χ4n) is 4.31. The number of benzene rings is 3. The summed E-state index contributed by atoms with van der Waals surface area (Å²) >= 11 is 0. The molecule has 3 aromatic carbocycles. The number of carbonyl (C=O) groups excluding carboxylic acids is 2. The van der Waals surface area contributed by atoms with Crippen molar-refractivity contribution >= 4 is 21.7 Å². The Labute approximate surface area is 200 Å². The Kier molecular flexibility index (Phi) is 7.24. The Bertz CT molecular complexity index is 1210. The highest BCUT2D eigenvalue weighted by atomic mass is 32.2. The first-order valence-electron chi connectivity index (χ1n) is 11.3. The van der Waals surface area contributed by atoms with E-state index in [0.29, 0.717) is 25.1 Å². The molecule has 0 N–H and O–H groups in total. The van der Waals surface area contributed by atoms with Crippen molar-refractivity contribution in [1.29, 1.82) is 0 Å². The molecule has 0 bridgehead atoms. The number of amides is 1. The topological polar surface area (TPSA) is 74.8 Å². The molecular weight excluding hydrogens is 448 g/mol. The summed E-state index contributed by atoms with van der Waals surface area (Å²) in [4.78, 5) is 26.7. The second kappa shape index (κ2) is 10.3. The van der Waals surface area contributed by atoms with E-state index in [1.807, 2.05) is 60.7 Å². The zero-order valence-electron chi connectivity index (χ0n) is 19.1. The smallest absolute Gasteiger partial charge is 0.243 e. The number of hydrogen-bond acceptors (Lipinski definition) is 4. The highest BCUT2D eigenvalue weighted by Gasteiger charge is 2.31. The van der Waals surface area contributed by atoms with Gasteiger partial charge in [0.2, 0.25) is 15.9 Å². The maximum Gasteiger partial charge on any atom is 0.243 e. The number of hydrogen-bond donors (Lipinski definition) is 0. The summed E-state index contributed by atoms with van der Waals surface area (Å²) in [6, 6.07) is 26.0. The number of ketones is 1. The summed E-state index contributed by atoms with van der Waals surface area (Å²) in [5, 5.41) is 0. The lowest BCUT2D eigenvalue weighted by Crippen LogP contribution is -2.50. The molecule has 4 rings (SSSR count). The third kappa shape index (κ3) is 5.26. The molecule has 0 atom stereocenters. The van der Waals surface area contributed by atoms with E-state index in [4.69, 9.17) is 0 Å². The average Bonchev–Trinajstić information content (AvgIpc) is 2.88. The standard InChI is InChI=1S/C27H28N2O4S/c1-21(30)24-13-8-14-25(19-24)34(32,33)29-17-15-28(16-18-29)27(31)20-26(22-9-4-2-5-10-22)23-11-6-3-7-12-23/h2-14,19,26H,15-18,20H2,1H3. The Morgan fingerprint density at radius 2 is 1.35 bits per heavy atom. The number of sulfonamides is 1. The lowest BCUT2D eigenvalue weighted by atomic mass is 9.88. The molecule has 0 unspecified atom stereocenters. The van der Waals surface area contributed by atoms with Crippen LogP contribution in [0.5, 0.6) is 0 Å². The van der Waals surface area contributed by atoms with E-state index >= 15 is 0 Å². The second-order valence-corrected chi connectivity index (χ2v) is 10.4. The van der Waals surface area contributed by atoms with Crippen LogP contribution in [0.2, 0.25) is 0 Å². The summed E-state index contributed by atoms with van der Waals surface area (Å²) in [6.45, 7) is 2.52. The van der Waals surface area contributed by atoms with E-state index in [9.17, 15) is 18.0 Å². The predicted octanol–water partition coefficient (Wildman–Crippen LogP) is 3.94. The van der Waals surface area contributed by atoms with Crippen molar-refractivity contribution in [3.63, 3.8) is 0 Å². The number of carbonyl (C=O) groups is 2. The van der Waals surface area contributed by atoms with Gasteiger partial charge in [-0.1, -0.05) is 72.8 Å². The van der Waals surface area contributed by atoms with Crippen molar-refractivity contribution in [3.05, 3.63) is 102 Å². The van der Waals surface area contributed by atoms with E-state index in [1.54, 1.807) is 17.0 Å². The van der Waals surface area contributed by atoms with E-state index in [0.717, 1.165) is 11.1 Å². The van der Waals surface area contributed by atoms with Crippen LogP contribution in [0.4, 0.5) is 0 Å². The number of piperazine rings is 1. The Hall–Kier alpha value is -3.29. The summed E-state index contributed by atoms with van der Waals surface area (Å²) < 4.78 is 27.6. The lowest BCUT2D eigenvalue weighted by molar-refractivity contribution is -0.132. The molecule has 7 heteroatoms. The van der Waals surface area contributed by atoms with Crippen molar-refractivity contribution in [2.45, 2.75) is 24.2 Å². The fourth-order valence-corrected chi connectivity index (χ4v) is 5.77. The summed E-state index contributed by atoms with van der Waals surface area (Å²) in [7, 11) is -3.73. The van der Waals surface area contributed by atoms with Crippen LogP contribution in [0.3, 0.4) is 0 Å². The lowest BCUT2D eigenvalue weighted by Gasteiger charge is -2.35. The Balaban J connectivity index is 1.45. The summed E-state index contributed by atoms with van der Waals surface area (Å²) in [6.07, 6.45) is 0.321. The van der Waals surface area contributed by atoms with Crippen molar-refractivity contribution in [3.8, 4) is 0 Å². The predicted molar refractivity (Wildman–Crippen MR) is 131 cm³/mol. The van der Waals surface area contributed by atoms with Crippen LogP contribution in [0.1, 0.15) is 40.7 Å². The van der Waals surface area contributed by atoms with Gasteiger partial charge in [0.25, 0.3) is 0 Å². The number of Topliss-reactive ketones (excluding diaryl/α,β-unsaturated/α-hetero) is 1. The molecule has 3 aromatic rings. The minimum Gasteiger partial charge on any atom is -0.340 e. The maximum absolute atomic E-state index is 13.2. The normalized spacial score (nSPS) is 14.8. The van der Waals surface area contributed by atoms with Crippen LogP contribution in [0, 0.1) is 0 Å². The van der Waals surface area contributed by atoms with Gasteiger partial charge < -0.3 is 4.90 Å². The van der Waals surface area contributed by atoms with Crippen LogP contribution < -0.4 is 0 Å². The third-order valence-electron chi connectivity index (χ3n) is 6.25. The van der Waals surface area contributed by atoms with Gasteiger partial charge in [0.1, 0.15) is 0 Å². The number of nitrogens with zero attached hydrogens (tertiary/aromatic N) is 2. The fraction of sp³-hybridized carbons (Fsp3) is 0.259. The van der Waals surface area contributed by atoms with E-state index in [-0.39, 0.29) is 35.6 Å². The second-order valence-electron chi connectivity index (χ2n) is 8.45. The SMILES string of the molecule is CC(=O)c1cccc(S(=O)(=O)N2CCN(C(=O)CC(c3ccccc3)c3ccccc3)CC2)c1. The first-order chi connectivity index (χ1) is 16.4. The molecule has 0 spiro atoms. The minimum absolute atomic E-state index is 0.00771. The van der Waals surface area contributed by atoms with Crippen molar-refractivity contribution in [2.75, 3.05) is 26.2 Å². The van der Waals surface area contributed by atoms with Gasteiger partial charge in [-0.15, -0.1) is 0 Å². The van der Waals surface area contributed by atoms with Gasteiger partial charge >= 0.3 is 0 Å². The van der Waals surface area contributed by atoms with E-state index < -0.39 is 10.0 Å². The van der Waals surface area contributed by atoms with Crippen LogP contribution in [0.25, 0.3) is 0 Å². The monoisotopic (exact) mass is 476 g/mol. The molecule has 1 aliphatic heterocycles. The zero-order chi connectivity index (χ0) is 24.1. The molecule has 6 nitrogen and oxygen atoms in total. The molecular formula is C27H28N2O4S. The van der Waals surface area contributed by atoms with Crippen molar-refractivity contribution < 1.29 is 18.0 Å². The Morgan fingerprint density at radius 3 is 1.88 bits per heavy atom. The van der Waals surface area contributed by atoms with Gasteiger partial charge in [-0.2, -0.15) is 4.31 Å². The van der Waals surface area contributed by atoms with Gasteiger partial charge in [0.15, 0.2) is 5.78 Å². The largest absolute Gasteiger partial charge is 0.340 e. The molecule has 1 heterocycles. The third-order valence-corrected chi connectivity index (χ3v) is 8.15. The molecule has 176 valence electrons. The van der Waals surface area contributed by atoms with Gasteiger partial charge in [0, 0.05) is 44.1 Å². The van der Waals surface area contributed by atoms with Crippen LogP contribution in [-0.2, 0) is 14.8 Å². The van der Waals surface area contributed by atoms with E-state index in [1.165, 1.54) is 23.4 Å². The van der Waals surface area contributed by atoms with Crippen LogP contribution in [-0.4, -0.2) is 55.5 Å². The van der Waals surface area contributed by atoms with Crippen LogP contribution >= 0.6 is 0 Å². The first-order valence-corrected chi connectivity index (χ1v) is 12.8. The molecule has 1 saturated heterocycles. The highest BCUT2D eigenvalue weighted by molar-refractivity contribution is 7.89. The average molecular weight is 477 g/mol.